The zero-order chi connectivity index (χ0) is 12.3. The summed E-state index contributed by atoms with van der Waals surface area (Å²) in [5.74, 6) is 0. The minimum atomic E-state index is -0.501. The van der Waals surface area contributed by atoms with Crippen LogP contribution in [0.2, 0.25) is 5.02 Å². The van der Waals surface area contributed by atoms with Gasteiger partial charge in [-0.3, -0.25) is 4.65 Å². The third kappa shape index (κ3) is 2.63. The highest BCUT2D eigenvalue weighted by atomic mass is 35.5. The Morgan fingerprint density at radius 3 is 2.88 bits per heavy atom. The third-order valence-electron chi connectivity index (χ3n) is 2.97. The van der Waals surface area contributed by atoms with Gasteiger partial charge in [-0.15, -0.1) is 0 Å². The normalized spacial score (nSPS) is 23.4. The Hall–Kier alpha value is -1.03. The molecule has 0 fully saturated rings. The summed E-state index contributed by atoms with van der Waals surface area (Å²) in [6, 6.07) is 7.23. The van der Waals surface area contributed by atoms with Gasteiger partial charge in [0.25, 0.3) is 0 Å². The summed E-state index contributed by atoms with van der Waals surface area (Å²) in [6.07, 6.45) is 4.89. The number of hydroxylamine groups is 2. The fourth-order valence-corrected chi connectivity index (χ4v) is 2.27. The van der Waals surface area contributed by atoms with Crippen LogP contribution in [0.15, 0.2) is 36.2 Å². The van der Waals surface area contributed by atoms with Gasteiger partial charge in [-0.1, -0.05) is 37.1 Å². The van der Waals surface area contributed by atoms with Gasteiger partial charge in [0, 0.05) is 6.07 Å². The number of allylic oxidation sites excluding steroid dienone is 1. The number of halogens is 1. The number of para-hydroxylation sites is 1. The number of unbranched alkanes of at least 4 members (excludes halogenated alkanes) is 1. The van der Waals surface area contributed by atoms with E-state index in [0.29, 0.717) is 17.4 Å². The van der Waals surface area contributed by atoms with Crippen LogP contribution in [0.4, 0.5) is 5.69 Å². The van der Waals surface area contributed by atoms with E-state index in [4.69, 9.17) is 11.6 Å². The van der Waals surface area contributed by atoms with Gasteiger partial charge < -0.3 is 10.5 Å². The molecule has 0 amide bonds. The molecule has 0 bridgehead atoms. The summed E-state index contributed by atoms with van der Waals surface area (Å²) < 4.78 is -0.501. The lowest BCUT2D eigenvalue weighted by Gasteiger charge is -2.34. The second-order valence-corrected chi connectivity index (χ2v) is 4.75. The fourth-order valence-electron chi connectivity index (χ4n) is 2.00. The van der Waals surface area contributed by atoms with Crippen molar-refractivity contribution in [1.29, 1.82) is 0 Å². The molecule has 1 aromatic carbocycles. The molecule has 1 atom stereocenters. The summed E-state index contributed by atoms with van der Waals surface area (Å²) in [5, 5.41) is 16.3. The van der Waals surface area contributed by atoms with Crippen LogP contribution in [0.3, 0.4) is 0 Å². The van der Waals surface area contributed by atoms with E-state index in [2.05, 4.69) is 12.2 Å². The van der Waals surface area contributed by atoms with Gasteiger partial charge in [-0.25, -0.2) is 0 Å². The predicted molar refractivity (Wildman–Crippen MR) is 72.2 cm³/mol. The van der Waals surface area contributed by atoms with Crippen molar-refractivity contribution in [2.45, 2.75) is 26.2 Å². The van der Waals surface area contributed by atoms with E-state index < -0.39 is 4.65 Å². The van der Waals surface area contributed by atoms with Gasteiger partial charge in [0.15, 0.2) is 12.4 Å². The minimum Gasteiger partial charge on any atom is -0.621 e. The lowest BCUT2D eigenvalue weighted by Crippen LogP contribution is -2.38. The number of quaternary nitrogens is 1. The van der Waals surface area contributed by atoms with Crippen LogP contribution in [0, 0.1) is 5.21 Å². The van der Waals surface area contributed by atoms with E-state index in [1.807, 2.05) is 12.1 Å². The van der Waals surface area contributed by atoms with E-state index in [1.165, 1.54) is 0 Å². The van der Waals surface area contributed by atoms with Crippen molar-refractivity contribution >= 4 is 17.3 Å². The molecule has 0 aliphatic carbocycles. The lowest BCUT2D eigenvalue weighted by atomic mass is 10.2. The summed E-state index contributed by atoms with van der Waals surface area (Å²) >= 11 is 6.07. The molecule has 4 heteroatoms. The monoisotopic (exact) mass is 252 g/mol. The number of rotatable bonds is 4. The van der Waals surface area contributed by atoms with Crippen LogP contribution in [0.1, 0.15) is 26.2 Å². The Morgan fingerprint density at radius 2 is 2.18 bits per heavy atom. The van der Waals surface area contributed by atoms with Crippen molar-refractivity contribution in [3.63, 3.8) is 0 Å². The number of hydrogen-bond acceptors (Lipinski definition) is 2. The van der Waals surface area contributed by atoms with Crippen LogP contribution in [-0.4, -0.2) is 6.67 Å². The standard InChI is InChI=1S/C13H17ClN2O/c1-2-3-6-11-9-16(17,10-15-11)13-8-5-4-7-12(13)14/h4-5,7-9,15H,2-3,6,10H2,1H3. The van der Waals surface area contributed by atoms with Crippen molar-refractivity contribution in [1.82, 2.24) is 9.96 Å². The Labute approximate surface area is 107 Å². The van der Waals surface area contributed by atoms with E-state index in [0.717, 1.165) is 25.0 Å². The SMILES string of the molecule is CCCCC1=C[N+]([O-])(c2ccccc2Cl)CN1. The molecule has 17 heavy (non-hydrogen) atoms. The van der Waals surface area contributed by atoms with Gasteiger partial charge in [0.1, 0.15) is 11.2 Å². The molecule has 1 aliphatic heterocycles. The highest BCUT2D eigenvalue weighted by Crippen LogP contribution is 2.33. The quantitative estimate of drug-likeness (QED) is 0.655. The summed E-state index contributed by atoms with van der Waals surface area (Å²) in [6.45, 7) is 2.48. The zero-order valence-corrected chi connectivity index (χ0v) is 10.7. The first-order valence-corrected chi connectivity index (χ1v) is 6.33. The summed E-state index contributed by atoms with van der Waals surface area (Å²) in [5.41, 5.74) is 1.63. The van der Waals surface area contributed by atoms with Gasteiger partial charge in [-0.05, 0) is 18.9 Å². The Morgan fingerprint density at radius 1 is 1.41 bits per heavy atom. The van der Waals surface area contributed by atoms with Gasteiger partial charge in [-0.2, -0.15) is 0 Å². The largest absolute Gasteiger partial charge is 0.621 e. The Bertz CT molecular complexity index is 433. The molecule has 0 saturated heterocycles. The molecular formula is C13H17ClN2O. The van der Waals surface area contributed by atoms with Crippen LogP contribution >= 0.6 is 11.6 Å². The molecule has 0 radical (unpaired) electrons. The maximum Gasteiger partial charge on any atom is 0.160 e. The van der Waals surface area contributed by atoms with Gasteiger partial charge in [0.2, 0.25) is 0 Å². The summed E-state index contributed by atoms with van der Waals surface area (Å²) in [7, 11) is 0. The van der Waals surface area contributed by atoms with Crippen molar-refractivity contribution in [2.75, 3.05) is 6.67 Å². The smallest absolute Gasteiger partial charge is 0.160 e. The van der Waals surface area contributed by atoms with Crippen molar-refractivity contribution in [3.05, 3.63) is 46.4 Å². The third-order valence-corrected chi connectivity index (χ3v) is 3.28. The van der Waals surface area contributed by atoms with Gasteiger partial charge in [0.05, 0.1) is 5.70 Å². The van der Waals surface area contributed by atoms with Crippen molar-refractivity contribution in [2.24, 2.45) is 0 Å². The zero-order valence-electron chi connectivity index (χ0n) is 9.95. The number of benzene rings is 1. The Balaban J connectivity index is 2.21. The summed E-state index contributed by atoms with van der Waals surface area (Å²) in [4.78, 5) is 0. The predicted octanol–water partition coefficient (Wildman–Crippen LogP) is 3.74. The van der Waals surface area contributed by atoms with Crippen LogP contribution in [-0.2, 0) is 0 Å². The molecule has 92 valence electrons. The lowest BCUT2D eigenvalue weighted by molar-refractivity contribution is 0.505. The molecule has 0 aromatic heterocycles. The fraction of sp³-hybridized carbons (Fsp3) is 0.385. The molecule has 1 unspecified atom stereocenters. The first-order chi connectivity index (χ1) is 8.15. The molecule has 3 nitrogen and oxygen atoms in total. The van der Waals surface area contributed by atoms with Crippen molar-refractivity contribution < 1.29 is 0 Å². The molecule has 1 aromatic rings. The molecule has 1 N–H and O–H groups in total. The van der Waals surface area contributed by atoms with Crippen LogP contribution in [0.25, 0.3) is 0 Å². The highest BCUT2D eigenvalue weighted by molar-refractivity contribution is 6.33. The maximum atomic E-state index is 12.6. The van der Waals surface area contributed by atoms with Gasteiger partial charge >= 0.3 is 0 Å². The topological polar surface area (TPSA) is 35.1 Å². The van der Waals surface area contributed by atoms with Crippen molar-refractivity contribution in [3.8, 4) is 0 Å². The first-order valence-electron chi connectivity index (χ1n) is 5.95. The number of nitrogens with one attached hydrogen (secondary N) is 1. The van der Waals surface area contributed by atoms with Crippen LogP contribution < -0.4 is 9.96 Å². The molecule has 0 spiro atoms. The van der Waals surface area contributed by atoms with E-state index in [9.17, 15) is 5.21 Å². The van der Waals surface area contributed by atoms with E-state index in [1.54, 1.807) is 18.3 Å². The second kappa shape index (κ2) is 5.08. The number of nitrogens with zero attached hydrogens (tertiary/aromatic N) is 1. The molecule has 2 rings (SSSR count). The first kappa shape index (κ1) is 12.4. The Kier molecular flexibility index (Phi) is 3.72. The molecule has 1 aliphatic rings. The average Bonchev–Trinajstić information content (AvgIpc) is 2.70. The maximum absolute atomic E-state index is 12.6. The molecule has 0 saturated carbocycles. The van der Waals surface area contributed by atoms with E-state index in [-0.39, 0.29) is 0 Å². The van der Waals surface area contributed by atoms with Crippen LogP contribution in [0.5, 0.6) is 0 Å². The number of hydrogen-bond donors (Lipinski definition) is 1. The highest BCUT2D eigenvalue weighted by Gasteiger charge is 2.27. The molecular weight excluding hydrogens is 236 g/mol. The average molecular weight is 253 g/mol. The van der Waals surface area contributed by atoms with E-state index >= 15 is 0 Å². The molecule has 1 heterocycles. The minimum absolute atomic E-state index is 0.336. The second-order valence-electron chi connectivity index (χ2n) is 4.34.